The van der Waals surface area contributed by atoms with Crippen molar-refractivity contribution in [3.05, 3.63) is 127 Å². The van der Waals surface area contributed by atoms with Crippen LogP contribution in [0.5, 0.6) is 11.5 Å². The van der Waals surface area contributed by atoms with Gasteiger partial charge in [0, 0.05) is 0 Å². The summed E-state index contributed by atoms with van der Waals surface area (Å²) in [4.78, 5) is 0. The van der Waals surface area contributed by atoms with E-state index in [2.05, 4.69) is 116 Å². The average molecular weight is 422 g/mol. The van der Waals surface area contributed by atoms with E-state index in [1.165, 1.54) is 44.2 Å². The zero-order valence-electron chi connectivity index (χ0n) is 18.5. The molecule has 0 N–H and O–H groups in total. The van der Waals surface area contributed by atoms with Gasteiger partial charge in [-0.2, -0.15) is 0 Å². The van der Waals surface area contributed by atoms with Crippen LogP contribution < -0.4 is 21.1 Å². The molecule has 1 aliphatic rings. The number of fused-ring (bicyclic) bond motifs is 2. The van der Waals surface area contributed by atoms with E-state index < -0.39 is 0 Å². The molecule has 1 nitrogen and oxygen atoms in total. The quantitative estimate of drug-likeness (QED) is 0.320. The van der Waals surface area contributed by atoms with E-state index in [1.807, 2.05) is 12.1 Å². The van der Waals surface area contributed by atoms with Crippen LogP contribution in [0.2, 0.25) is 0 Å². The van der Waals surface area contributed by atoms with Crippen LogP contribution >= 0.6 is 0 Å². The minimum absolute atomic E-state index is 0.0874. The van der Waals surface area contributed by atoms with Crippen LogP contribution in [-0.4, -0.2) is 6.71 Å². The summed E-state index contributed by atoms with van der Waals surface area (Å²) in [7, 11) is 0. The van der Waals surface area contributed by atoms with Gasteiger partial charge in [-0.3, -0.25) is 0 Å². The number of rotatable bonds is 3. The zero-order valence-corrected chi connectivity index (χ0v) is 18.5. The Morgan fingerprint density at radius 1 is 0.485 bits per heavy atom. The molecule has 5 aromatic carbocycles. The highest BCUT2D eigenvalue weighted by Crippen LogP contribution is 2.30. The van der Waals surface area contributed by atoms with Gasteiger partial charge in [-0.1, -0.05) is 115 Å². The highest BCUT2D eigenvalue weighted by molar-refractivity contribution is 6.97. The first kappa shape index (κ1) is 19.6. The molecule has 1 aliphatic heterocycles. The van der Waals surface area contributed by atoms with E-state index in [0.29, 0.717) is 0 Å². The van der Waals surface area contributed by atoms with Crippen molar-refractivity contribution in [2.45, 2.75) is 6.92 Å². The second-order valence-electron chi connectivity index (χ2n) is 8.60. The largest absolute Gasteiger partial charge is 0.458 e. The van der Waals surface area contributed by atoms with Gasteiger partial charge in [0.1, 0.15) is 11.5 Å². The van der Waals surface area contributed by atoms with Crippen LogP contribution in [0, 0.1) is 6.92 Å². The summed E-state index contributed by atoms with van der Waals surface area (Å²) in [5.41, 5.74) is 10.00. The first-order chi connectivity index (χ1) is 16.3. The lowest BCUT2D eigenvalue weighted by atomic mass is 9.35. The third-order valence-electron chi connectivity index (χ3n) is 6.56. The summed E-state index contributed by atoms with van der Waals surface area (Å²) in [6, 6.07) is 43.0. The van der Waals surface area contributed by atoms with Gasteiger partial charge in [0.25, 0.3) is 6.71 Å². The molecule has 5 aromatic rings. The molecule has 2 heteroatoms. The lowest BCUT2D eigenvalue weighted by molar-refractivity contribution is 0.487. The van der Waals surface area contributed by atoms with Gasteiger partial charge < -0.3 is 4.74 Å². The first-order valence-corrected chi connectivity index (χ1v) is 11.4. The SMILES string of the molecule is Cc1cc(-c2ccccc2)c(B2c3ccccc3Oc3ccccc32)cc1-c1ccccc1. The Bertz CT molecular complexity index is 1400. The Balaban J connectivity index is 1.67. The third kappa shape index (κ3) is 3.45. The van der Waals surface area contributed by atoms with Gasteiger partial charge >= 0.3 is 0 Å². The van der Waals surface area contributed by atoms with Gasteiger partial charge in [-0.25, -0.2) is 0 Å². The van der Waals surface area contributed by atoms with Crippen molar-refractivity contribution in [3.63, 3.8) is 0 Å². The van der Waals surface area contributed by atoms with Crippen LogP contribution in [0.25, 0.3) is 22.3 Å². The fraction of sp³-hybridized carbons (Fsp3) is 0.0323. The predicted molar refractivity (Wildman–Crippen MR) is 140 cm³/mol. The molecule has 0 unspecified atom stereocenters. The Kier molecular flexibility index (Phi) is 4.85. The van der Waals surface area contributed by atoms with Gasteiger partial charge in [0.2, 0.25) is 0 Å². The fourth-order valence-electron chi connectivity index (χ4n) is 5.00. The van der Waals surface area contributed by atoms with E-state index in [0.717, 1.165) is 11.5 Å². The molecule has 0 saturated heterocycles. The van der Waals surface area contributed by atoms with Crippen LogP contribution in [-0.2, 0) is 0 Å². The molecule has 0 amide bonds. The summed E-state index contributed by atoms with van der Waals surface area (Å²) in [6.45, 7) is 2.30. The lowest BCUT2D eigenvalue weighted by Crippen LogP contribution is -2.55. The maximum atomic E-state index is 6.31. The molecule has 0 aliphatic carbocycles. The molecule has 0 bridgehead atoms. The van der Waals surface area contributed by atoms with Crippen molar-refractivity contribution in [2.75, 3.05) is 0 Å². The van der Waals surface area contributed by atoms with E-state index in [9.17, 15) is 0 Å². The zero-order chi connectivity index (χ0) is 22.2. The van der Waals surface area contributed by atoms with E-state index in [1.54, 1.807) is 0 Å². The van der Waals surface area contributed by atoms with Crippen LogP contribution in [0.1, 0.15) is 5.56 Å². The number of benzene rings is 5. The maximum absolute atomic E-state index is 6.31. The van der Waals surface area contributed by atoms with Gasteiger partial charge in [-0.15, -0.1) is 0 Å². The van der Waals surface area contributed by atoms with E-state index in [-0.39, 0.29) is 6.71 Å². The molecule has 6 rings (SSSR count). The van der Waals surface area contributed by atoms with Gasteiger partial charge in [0.05, 0.1) is 0 Å². The van der Waals surface area contributed by atoms with Gasteiger partial charge in [-0.05, 0) is 57.8 Å². The van der Waals surface area contributed by atoms with E-state index >= 15 is 0 Å². The van der Waals surface area contributed by atoms with Crippen LogP contribution in [0.3, 0.4) is 0 Å². The molecule has 156 valence electrons. The molecule has 0 radical (unpaired) electrons. The number of ether oxygens (including phenoxy) is 1. The van der Waals surface area contributed by atoms with Crippen molar-refractivity contribution in [3.8, 4) is 33.8 Å². The molecule has 0 saturated carbocycles. The number of para-hydroxylation sites is 2. The highest BCUT2D eigenvalue weighted by Gasteiger charge is 2.34. The van der Waals surface area contributed by atoms with Crippen molar-refractivity contribution >= 4 is 23.1 Å². The molecule has 0 atom stereocenters. The molecular weight excluding hydrogens is 399 g/mol. The summed E-state index contributed by atoms with van der Waals surface area (Å²) in [5.74, 6) is 1.86. The Morgan fingerprint density at radius 2 is 0.970 bits per heavy atom. The third-order valence-corrected chi connectivity index (χ3v) is 6.56. The van der Waals surface area contributed by atoms with Crippen molar-refractivity contribution in [2.24, 2.45) is 0 Å². The van der Waals surface area contributed by atoms with Gasteiger partial charge in [0.15, 0.2) is 0 Å². The number of aryl methyl sites for hydroxylation is 1. The van der Waals surface area contributed by atoms with Crippen molar-refractivity contribution in [1.29, 1.82) is 0 Å². The molecule has 33 heavy (non-hydrogen) atoms. The van der Waals surface area contributed by atoms with Crippen LogP contribution in [0.15, 0.2) is 121 Å². The fourth-order valence-corrected chi connectivity index (χ4v) is 5.00. The smallest absolute Gasteiger partial charge is 0.251 e. The molecule has 0 fully saturated rings. The Morgan fingerprint density at radius 3 is 1.55 bits per heavy atom. The summed E-state index contributed by atoms with van der Waals surface area (Å²) >= 11 is 0. The molecular formula is C31H23BO. The molecule has 1 heterocycles. The Labute approximate surface area is 195 Å². The summed E-state index contributed by atoms with van der Waals surface area (Å²) < 4.78 is 6.31. The monoisotopic (exact) mass is 422 g/mol. The maximum Gasteiger partial charge on any atom is 0.251 e. The van der Waals surface area contributed by atoms with Crippen molar-refractivity contribution in [1.82, 2.24) is 0 Å². The minimum atomic E-state index is 0.0874. The second-order valence-corrected chi connectivity index (χ2v) is 8.60. The number of hydrogen-bond acceptors (Lipinski definition) is 1. The lowest BCUT2D eigenvalue weighted by Gasteiger charge is -2.28. The standard InChI is InChI=1S/C31H23BO/c1-22-20-26(24-14-6-3-7-15-24)29(21-25(22)23-12-4-2-5-13-23)32-27-16-8-10-18-30(27)33-31-19-11-9-17-28(31)32/h2-21H,1H3. The van der Waals surface area contributed by atoms with E-state index in [4.69, 9.17) is 4.74 Å². The topological polar surface area (TPSA) is 9.23 Å². The first-order valence-electron chi connectivity index (χ1n) is 11.4. The number of hydrogen-bond donors (Lipinski definition) is 0. The van der Waals surface area contributed by atoms with Crippen molar-refractivity contribution < 1.29 is 4.74 Å². The molecule has 0 aromatic heterocycles. The van der Waals surface area contributed by atoms with Crippen LogP contribution in [0.4, 0.5) is 0 Å². The predicted octanol–water partition coefficient (Wildman–Crippen LogP) is 5.95. The summed E-state index contributed by atoms with van der Waals surface area (Å²) in [5, 5.41) is 0. The normalized spacial score (nSPS) is 12.0. The highest BCUT2D eigenvalue weighted by atomic mass is 16.5. The molecule has 0 spiro atoms. The minimum Gasteiger partial charge on any atom is -0.458 e. The second kappa shape index (κ2) is 8.14. The summed E-state index contributed by atoms with van der Waals surface area (Å²) in [6.07, 6.45) is 0. The Hall–Kier alpha value is -4.04. The average Bonchev–Trinajstić information content (AvgIpc) is 2.88.